The van der Waals surface area contributed by atoms with E-state index in [2.05, 4.69) is 23.1 Å². The Hall–Kier alpha value is -2.18. The van der Waals surface area contributed by atoms with E-state index in [1.165, 1.54) is 0 Å². The summed E-state index contributed by atoms with van der Waals surface area (Å²) in [5.74, 6) is -1.03. The minimum atomic E-state index is -0.695. The molecule has 0 saturated carbocycles. The van der Waals surface area contributed by atoms with Crippen molar-refractivity contribution >= 4 is 5.91 Å². The lowest BCUT2D eigenvalue weighted by Gasteiger charge is -2.18. The number of nitrogens with two attached hydrogens (primary N) is 1. The summed E-state index contributed by atoms with van der Waals surface area (Å²) in [5.41, 5.74) is 8.49. The van der Waals surface area contributed by atoms with Crippen molar-refractivity contribution in [3.8, 4) is 0 Å². The molecule has 128 valence electrons. The number of carbonyl (C=O) groups is 1. The summed E-state index contributed by atoms with van der Waals surface area (Å²) < 4.78 is 1.93. The van der Waals surface area contributed by atoms with Crippen LogP contribution in [0.4, 0.5) is 0 Å². The van der Waals surface area contributed by atoms with Crippen LogP contribution in [0.5, 0.6) is 0 Å². The highest BCUT2D eigenvalue weighted by molar-refractivity contribution is 5.84. The van der Waals surface area contributed by atoms with Gasteiger partial charge < -0.3 is 15.7 Å². The summed E-state index contributed by atoms with van der Waals surface area (Å²) in [6.45, 7) is 2.66. The quantitative estimate of drug-likeness (QED) is 0.790. The van der Waals surface area contributed by atoms with Crippen LogP contribution in [0.2, 0.25) is 0 Å². The summed E-state index contributed by atoms with van der Waals surface area (Å²) in [4.78, 5) is 13.9. The zero-order chi connectivity index (χ0) is 17.1. The highest BCUT2D eigenvalue weighted by atomic mass is 16.3. The van der Waals surface area contributed by atoms with Gasteiger partial charge in [-0.15, -0.1) is 0 Å². The van der Waals surface area contributed by atoms with Crippen LogP contribution >= 0.6 is 0 Å². The summed E-state index contributed by atoms with van der Waals surface area (Å²) in [6.07, 6.45) is 4.59. The number of hydrogen-bond acceptors (Lipinski definition) is 4. The Morgan fingerprint density at radius 1 is 1.50 bits per heavy atom. The van der Waals surface area contributed by atoms with Crippen LogP contribution in [0.3, 0.4) is 0 Å². The monoisotopic (exact) mass is 328 g/mol. The van der Waals surface area contributed by atoms with Crippen LogP contribution in [-0.4, -0.2) is 45.4 Å². The highest BCUT2D eigenvalue weighted by Gasteiger charge is 2.35. The number of amides is 1. The number of nitrogens with zero attached hydrogens (tertiary/aromatic N) is 3. The zero-order valence-electron chi connectivity index (χ0n) is 13.9. The van der Waals surface area contributed by atoms with Crippen LogP contribution < -0.4 is 5.73 Å². The molecule has 2 aromatic rings. The van der Waals surface area contributed by atoms with Gasteiger partial charge in [0.2, 0.25) is 5.91 Å². The molecule has 0 spiro atoms. The van der Waals surface area contributed by atoms with Gasteiger partial charge in [0.05, 0.1) is 12.0 Å². The van der Waals surface area contributed by atoms with Gasteiger partial charge in [-0.1, -0.05) is 18.2 Å². The third kappa shape index (κ3) is 3.66. The topological polar surface area (TPSA) is 84.4 Å². The molecule has 1 heterocycles. The summed E-state index contributed by atoms with van der Waals surface area (Å²) >= 11 is 0. The van der Waals surface area contributed by atoms with E-state index in [4.69, 9.17) is 5.73 Å². The van der Waals surface area contributed by atoms with Crippen LogP contribution in [-0.2, 0) is 24.3 Å². The molecule has 3 N–H and O–H groups in total. The lowest BCUT2D eigenvalue weighted by molar-refractivity contribution is -0.121. The second-order valence-electron chi connectivity index (χ2n) is 6.55. The maximum absolute atomic E-state index is 11.6. The molecule has 24 heavy (non-hydrogen) atoms. The maximum Gasteiger partial charge on any atom is 0.227 e. The van der Waals surface area contributed by atoms with Crippen molar-refractivity contribution in [2.75, 3.05) is 13.6 Å². The van der Waals surface area contributed by atoms with Crippen molar-refractivity contribution in [3.05, 3.63) is 53.3 Å². The van der Waals surface area contributed by atoms with E-state index in [-0.39, 0.29) is 0 Å². The van der Waals surface area contributed by atoms with Crippen molar-refractivity contribution in [1.29, 1.82) is 0 Å². The minimum Gasteiger partial charge on any atom is -0.392 e. The van der Waals surface area contributed by atoms with E-state index < -0.39 is 17.9 Å². The predicted octanol–water partition coefficient (Wildman–Crippen LogP) is 0.891. The first-order chi connectivity index (χ1) is 11.5. The molecule has 0 saturated heterocycles. The average molecular weight is 328 g/mol. The fourth-order valence-corrected chi connectivity index (χ4v) is 3.44. The van der Waals surface area contributed by atoms with Crippen molar-refractivity contribution in [2.24, 2.45) is 5.73 Å². The standard InChI is InChI=1S/C18H24N4O2/c1-21(7-3-9-22-8-2-6-20-22)12-13-4-5-14-11-16(23)17(18(19)24)15(14)10-13/h2,4-6,8,10,16-17,23H,3,7,9,11-12H2,1H3,(H2,19,24)/t16-,17-/m1/s1. The van der Waals surface area contributed by atoms with E-state index in [9.17, 15) is 9.90 Å². The fraction of sp³-hybridized carbons (Fsp3) is 0.444. The summed E-state index contributed by atoms with van der Waals surface area (Å²) in [5, 5.41) is 14.2. The zero-order valence-corrected chi connectivity index (χ0v) is 13.9. The van der Waals surface area contributed by atoms with Crippen molar-refractivity contribution in [2.45, 2.75) is 38.0 Å². The van der Waals surface area contributed by atoms with E-state index in [0.717, 1.165) is 42.7 Å². The Bertz CT molecular complexity index is 699. The molecule has 1 aromatic heterocycles. The Kier molecular flexibility index (Phi) is 4.97. The molecule has 2 atom stereocenters. The first-order valence-electron chi connectivity index (χ1n) is 8.29. The normalized spacial score (nSPS) is 19.6. The average Bonchev–Trinajstić information content (AvgIpc) is 3.13. The van der Waals surface area contributed by atoms with Gasteiger partial charge in [-0.05, 0) is 49.2 Å². The lowest BCUT2D eigenvalue weighted by atomic mass is 9.97. The third-order valence-electron chi connectivity index (χ3n) is 4.60. The molecule has 0 aliphatic heterocycles. The molecule has 0 fully saturated rings. The molecule has 3 rings (SSSR count). The fourth-order valence-electron chi connectivity index (χ4n) is 3.44. The molecule has 1 amide bonds. The molecule has 0 bridgehead atoms. The number of aryl methyl sites for hydroxylation is 1. The molecule has 1 aromatic carbocycles. The number of primary amides is 1. The summed E-state index contributed by atoms with van der Waals surface area (Å²) in [7, 11) is 2.08. The maximum atomic E-state index is 11.6. The summed E-state index contributed by atoms with van der Waals surface area (Å²) in [6, 6.07) is 8.02. The molecule has 1 aliphatic carbocycles. The van der Waals surface area contributed by atoms with Crippen LogP contribution in [0.25, 0.3) is 0 Å². The Morgan fingerprint density at radius 2 is 2.33 bits per heavy atom. The van der Waals surface area contributed by atoms with Crippen molar-refractivity contribution in [1.82, 2.24) is 14.7 Å². The second kappa shape index (κ2) is 7.15. The van der Waals surface area contributed by atoms with Gasteiger partial charge in [0.1, 0.15) is 0 Å². The Labute approximate surface area is 141 Å². The van der Waals surface area contributed by atoms with Gasteiger partial charge in [0.25, 0.3) is 0 Å². The largest absolute Gasteiger partial charge is 0.392 e. The predicted molar refractivity (Wildman–Crippen MR) is 91.3 cm³/mol. The first kappa shape index (κ1) is 16.7. The van der Waals surface area contributed by atoms with Gasteiger partial charge in [-0.25, -0.2) is 0 Å². The van der Waals surface area contributed by atoms with Crippen molar-refractivity contribution in [3.63, 3.8) is 0 Å². The molecule has 6 nitrogen and oxygen atoms in total. The molecule has 6 heteroatoms. The SMILES string of the molecule is CN(CCCn1cccn1)Cc1ccc2c(c1)[C@@H](C(N)=O)[C@H](O)C2. The number of hydrogen-bond donors (Lipinski definition) is 2. The van der Waals surface area contributed by atoms with E-state index in [0.29, 0.717) is 6.42 Å². The lowest BCUT2D eigenvalue weighted by Crippen LogP contribution is -2.28. The smallest absolute Gasteiger partial charge is 0.227 e. The van der Waals surface area contributed by atoms with Gasteiger partial charge >= 0.3 is 0 Å². The van der Waals surface area contributed by atoms with Crippen molar-refractivity contribution < 1.29 is 9.90 Å². The number of fused-ring (bicyclic) bond motifs is 1. The highest BCUT2D eigenvalue weighted by Crippen LogP contribution is 2.34. The first-order valence-corrected chi connectivity index (χ1v) is 8.29. The number of aliphatic hydroxyl groups excluding tert-OH is 1. The van der Waals surface area contributed by atoms with E-state index in [1.54, 1.807) is 6.20 Å². The van der Waals surface area contributed by atoms with E-state index in [1.807, 2.05) is 29.1 Å². The number of carbonyl (C=O) groups excluding carboxylic acids is 1. The Balaban J connectivity index is 1.58. The Morgan fingerprint density at radius 3 is 3.04 bits per heavy atom. The van der Waals surface area contributed by atoms with Crippen LogP contribution in [0.1, 0.15) is 29.0 Å². The molecular weight excluding hydrogens is 304 g/mol. The van der Waals surface area contributed by atoms with Gasteiger partial charge in [0.15, 0.2) is 0 Å². The number of benzene rings is 1. The molecule has 0 unspecified atom stereocenters. The third-order valence-corrected chi connectivity index (χ3v) is 4.60. The van der Waals surface area contributed by atoms with Gasteiger partial charge in [-0.3, -0.25) is 9.48 Å². The van der Waals surface area contributed by atoms with Gasteiger partial charge in [-0.2, -0.15) is 5.10 Å². The number of aliphatic hydroxyl groups is 1. The van der Waals surface area contributed by atoms with E-state index >= 15 is 0 Å². The number of aromatic nitrogens is 2. The molecular formula is C18H24N4O2. The molecule has 0 radical (unpaired) electrons. The number of rotatable bonds is 7. The minimum absolute atomic E-state index is 0.453. The van der Waals surface area contributed by atoms with Gasteiger partial charge in [0, 0.05) is 25.5 Å². The second-order valence-corrected chi connectivity index (χ2v) is 6.55. The molecule has 1 aliphatic rings. The van der Waals surface area contributed by atoms with Crippen LogP contribution in [0, 0.1) is 0 Å². The van der Waals surface area contributed by atoms with Crippen LogP contribution in [0.15, 0.2) is 36.7 Å².